The maximum atomic E-state index is 14.9. The fourth-order valence-corrected chi connectivity index (χ4v) is 4.03. The van der Waals surface area contributed by atoms with Crippen molar-refractivity contribution in [2.24, 2.45) is 11.6 Å². The van der Waals surface area contributed by atoms with Gasteiger partial charge in [0.25, 0.3) is 5.17 Å². The number of hydrogen-bond donors (Lipinski definition) is 4. The first-order valence-corrected chi connectivity index (χ1v) is 12.0. The van der Waals surface area contributed by atoms with Gasteiger partial charge in [0.2, 0.25) is 5.91 Å². The summed E-state index contributed by atoms with van der Waals surface area (Å²) < 4.78 is 34.5. The molecule has 0 bridgehead atoms. The molecule has 2 aliphatic rings. The summed E-state index contributed by atoms with van der Waals surface area (Å²) in [4.78, 5) is 18.0. The standard InChI is InChI=1S/C21H31F2N7O2S.C2H2.CH4O/c1-32-21(33)26-12-15(24)13-30(25)16-10-17(22)20(18(23)11-16)29-8-6-28(7-9-29)19(31)14-27-4-2-3-5-27;2*1-2/h10-11,13H,2-9,12,14,24-25H2,1H3,(H,26,33);1-2H;2H,1H3/b15-13-;;. The normalized spacial score (nSPS) is 15.6. The highest BCUT2D eigenvalue weighted by Gasteiger charge is 2.27. The van der Waals surface area contributed by atoms with Gasteiger partial charge < -0.3 is 30.7 Å². The summed E-state index contributed by atoms with van der Waals surface area (Å²) in [6, 6.07) is 2.31. The lowest BCUT2D eigenvalue weighted by molar-refractivity contribution is -0.132. The number of benzene rings is 1. The monoisotopic (exact) mass is 541 g/mol. The van der Waals surface area contributed by atoms with Crippen molar-refractivity contribution in [1.29, 1.82) is 0 Å². The summed E-state index contributed by atoms with van der Waals surface area (Å²) in [6.45, 7) is 4.01. The van der Waals surface area contributed by atoms with Crippen LogP contribution >= 0.6 is 12.2 Å². The van der Waals surface area contributed by atoms with E-state index in [4.69, 9.17) is 33.6 Å². The zero-order chi connectivity index (χ0) is 28.0. The Balaban J connectivity index is 0.00000163. The van der Waals surface area contributed by atoms with E-state index < -0.39 is 11.6 Å². The quantitative estimate of drug-likeness (QED) is 0.169. The van der Waals surface area contributed by atoms with Crippen LogP contribution in [0.1, 0.15) is 12.8 Å². The topological polar surface area (TPSA) is 124 Å². The third-order valence-corrected chi connectivity index (χ3v) is 6.04. The van der Waals surface area contributed by atoms with E-state index in [1.807, 2.05) is 0 Å². The Bertz CT molecular complexity index is 911. The van der Waals surface area contributed by atoms with Crippen molar-refractivity contribution >= 4 is 34.7 Å². The van der Waals surface area contributed by atoms with Crippen LogP contribution in [0.15, 0.2) is 24.0 Å². The summed E-state index contributed by atoms with van der Waals surface area (Å²) in [7, 11) is 2.42. The van der Waals surface area contributed by atoms with Crippen LogP contribution in [0.3, 0.4) is 0 Å². The zero-order valence-corrected chi connectivity index (χ0v) is 22.1. The van der Waals surface area contributed by atoms with E-state index in [0.29, 0.717) is 32.7 Å². The molecule has 0 aliphatic carbocycles. The second-order valence-corrected chi connectivity index (χ2v) is 8.44. The molecule has 13 heteroatoms. The van der Waals surface area contributed by atoms with E-state index in [0.717, 1.165) is 50.2 Å². The number of terminal acetylenes is 1. The number of thiocarbonyl (C=S) groups is 1. The third kappa shape index (κ3) is 9.66. The van der Waals surface area contributed by atoms with Crippen LogP contribution in [-0.4, -0.2) is 92.6 Å². The fourth-order valence-electron chi connectivity index (χ4n) is 3.96. The lowest BCUT2D eigenvalue weighted by Crippen LogP contribution is -2.51. The van der Waals surface area contributed by atoms with E-state index in [1.54, 1.807) is 9.80 Å². The molecule has 2 saturated heterocycles. The van der Waals surface area contributed by atoms with Crippen LogP contribution in [0.25, 0.3) is 0 Å². The number of nitrogens with one attached hydrogen (secondary N) is 1. The molecule has 0 radical (unpaired) electrons. The SMILES string of the molecule is C#C.CO.COC(=S)NC/C(N)=C/N(N)c1cc(F)c(N2CCN(C(=O)CN3CCCC3)CC2)c(F)c1. The van der Waals surface area contributed by atoms with Crippen molar-refractivity contribution in [2.75, 3.05) is 76.5 Å². The Morgan fingerprint density at radius 2 is 1.70 bits per heavy atom. The first-order chi connectivity index (χ1) is 17.8. The number of nitrogens with zero attached hydrogens (tertiary/aromatic N) is 4. The highest BCUT2D eigenvalue weighted by Crippen LogP contribution is 2.29. The molecule has 2 heterocycles. The minimum atomic E-state index is -0.733. The molecular weight excluding hydrogens is 504 g/mol. The molecule has 6 N–H and O–H groups in total. The lowest BCUT2D eigenvalue weighted by Gasteiger charge is -2.37. The Morgan fingerprint density at radius 3 is 2.22 bits per heavy atom. The second kappa shape index (κ2) is 16.5. The number of methoxy groups -OCH3 is 1. The molecule has 2 aliphatic heterocycles. The average molecular weight is 542 g/mol. The Morgan fingerprint density at radius 1 is 1.16 bits per heavy atom. The molecule has 0 spiro atoms. The molecule has 0 saturated carbocycles. The van der Waals surface area contributed by atoms with Gasteiger partial charge in [-0.3, -0.25) is 14.7 Å². The number of rotatable bonds is 7. The summed E-state index contributed by atoms with van der Waals surface area (Å²) in [5.41, 5.74) is 6.13. The van der Waals surface area contributed by atoms with Crippen LogP contribution in [0.2, 0.25) is 0 Å². The molecule has 37 heavy (non-hydrogen) atoms. The van der Waals surface area contributed by atoms with Crippen molar-refractivity contribution in [3.8, 4) is 12.8 Å². The van der Waals surface area contributed by atoms with Crippen LogP contribution in [0, 0.1) is 24.5 Å². The number of halogens is 2. The molecule has 1 aromatic carbocycles. The van der Waals surface area contributed by atoms with Gasteiger partial charge in [0.05, 0.1) is 25.9 Å². The molecule has 10 nitrogen and oxygen atoms in total. The van der Waals surface area contributed by atoms with Crippen molar-refractivity contribution in [3.63, 3.8) is 0 Å². The molecule has 206 valence electrons. The van der Waals surface area contributed by atoms with E-state index in [9.17, 15) is 13.6 Å². The number of carbonyl (C=O) groups is 1. The van der Waals surface area contributed by atoms with Gasteiger partial charge in [-0.1, -0.05) is 0 Å². The maximum Gasteiger partial charge on any atom is 0.256 e. The van der Waals surface area contributed by atoms with Gasteiger partial charge in [0.1, 0.15) is 5.69 Å². The largest absolute Gasteiger partial charge is 0.474 e. The van der Waals surface area contributed by atoms with E-state index in [2.05, 4.69) is 23.1 Å². The number of ether oxygens (including phenoxy) is 1. The van der Waals surface area contributed by atoms with Gasteiger partial charge in [-0.05, 0) is 38.1 Å². The molecule has 1 amide bonds. The Kier molecular flexibility index (Phi) is 14.2. The van der Waals surface area contributed by atoms with Crippen molar-refractivity contribution in [2.45, 2.75) is 12.8 Å². The van der Waals surface area contributed by atoms with Crippen molar-refractivity contribution < 1.29 is 23.4 Å². The molecule has 0 atom stereocenters. The number of piperazine rings is 1. The van der Waals surface area contributed by atoms with Gasteiger partial charge >= 0.3 is 0 Å². The van der Waals surface area contributed by atoms with E-state index in [1.165, 1.54) is 13.3 Å². The Labute approximate surface area is 222 Å². The number of amides is 1. The number of hydrazine groups is 1. The summed E-state index contributed by atoms with van der Waals surface area (Å²) in [6.07, 6.45) is 11.6. The van der Waals surface area contributed by atoms with E-state index in [-0.39, 0.29) is 34.7 Å². The smallest absolute Gasteiger partial charge is 0.256 e. The van der Waals surface area contributed by atoms with Crippen molar-refractivity contribution in [1.82, 2.24) is 15.1 Å². The predicted molar refractivity (Wildman–Crippen MR) is 145 cm³/mol. The van der Waals surface area contributed by atoms with Gasteiger partial charge in [0.15, 0.2) is 11.6 Å². The number of aliphatic hydroxyl groups excluding tert-OH is 1. The van der Waals surface area contributed by atoms with Crippen LogP contribution in [0.4, 0.5) is 20.2 Å². The minimum absolute atomic E-state index is 0.0664. The number of carbonyl (C=O) groups excluding carboxylic acids is 1. The average Bonchev–Trinajstić information content (AvgIpc) is 3.42. The molecule has 1 aromatic rings. The zero-order valence-electron chi connectivity index (χ0n) is 21.3. The van der Waals surface area contributed by atoms with Gasteiger partial charge in [-0.2, -0.15) is 0 Å². The summed E-state index contributed by atoms with van der Waals surface area (Å²) >= 11 is 4.86. The second-order valence-electron chi connectivity index (χ2n) is 8.07. The number of hydrogen-bond acceptors (Lipinski definition) is 9. The Hall–Kier alpha value is -3.18. The first-order valence-electron chi connectivity index (χ1n) is 11.6. The molecule has 3 rings (SSSR count). The van der Waals surface area contributed by atoms with Crippen LogP contribution in [-0.2, 0) is 9.53 Å². The number of anilines is 2. The van der Waals surface area contributed by atoms with Gasteiger partial charge in [-0.15, -0.1) is 12.8 Å². The third-order valence-electron chi connectivity index (χ3n) is 5.73. The minimum Gasteiger partial charge on any atom is -0.474 e. The van der Waals surface area contributed by atoms with Crippen molar-refractivity contribution in [3.05, 3.63) is 35.7 Å². The van der Waals surface area contributed by atoms with Gasteiger partial charge in [0, 0.05) is 57.3 Å². The number of aliphatic hydroxyl groups is 1. The first kappa shape index (κ1) is 31.8. The number of nitrogens with two attached hydrogens (primary N) is 2. The summed E-state index contributed by atoms with van der Waals surface area (Å²) in [5.74, 6) is 4.51. The molecule has 2 fully saturated rings. The molecule has 0 aromatic heterocycles. The van der Waals surface area contributed by atoms with Crippen LogP contribution in [0.5, 0.6) is 0 Å². The fraction of sp³-hybridized carbons (Fsp3) is 0.500. The number of likely N-dealkylation sites (tertiary alicyclic amines) is 1. The molecule has 0 unspecified atom stereocenters. The predicted octanol–water partition coefficient (Wildman–Crippen LogP) is 0.568. The summed E-state index contributed by atoms with van der Waals surface area (Å²) in [5, 5.41) is 10.9. The lowest BCUT2D eigenvalue weighted by atomic mass is 10.2. The maximum absolute atomic E-state index is 14.9. The van der Waals surface area contributed by atoms with Gasteiger partial charge in [-0.25, -0.2) is 14.6 Å². The highest BCUT2D eigenvalue weighted by molar-refractivity contribution is 7.80. The van der Waals surface area contributed by atoms with Crippen LogP contribution < -0.4 is 26.8 Å². The highest BCUT2D eigenvalue weighted by atomic mass is 32.1. The molecular formula is C24H37F2N7O3S. The van der Waals surface area contributed by atoms with E-state index >= 15 is 0 Å².